The van der Waals surface area contributed by atoms with E-state index in [0.717, 1.165) is 25.5 Å². The van der Waals surface area contributed by atoms with E-state index in [-0.39, 0.29) is 0 Å². The Labute approximate surface area is 70.1 Å². The van der Waals surface area contributed by atoms with Crippen LogP contribution < -0.4 is 0 Å². The standard InChI is InChI=1S/C9H10OS/c10-6-7-1-2-8-3-4-11-9(8)5-7/h3-4,6-7H,1-2,5H2. The van der Waals surface area contributed by atoms with Crippen molar-refractivity contribution in [2.45, 2.75) is 19.3 Å². The number of rotatable bonds is 1. The number of carbonyl (C=O) groups is 1. The fourth-order valence-electron chi connectivity index (χ4n) is 1.57. The third-order valence-electron chi connectivity index (χ3n) is 2.26. The zero-order chi connectivity index (χ0) is 7.68. The van der Waals surface area contributed by atoms with Crippen LogP contribution in [0, 0.1) is 5.92 Å². The first-order valence-corrected chi connectivity index (χ1v) is 4.78. The summed E-state index contributed by atoms with van der Waals surface area (Å²) in [5.74, 6) is 0.293. The second-order valence-electron chi connectivity index (χ2n) is 3.01. The summed E-state index contributed by atoms with van der Waals surface area (Å²) in [5.41, 5.74) is 1.47. The van der Waals surface area contributed by atoms with Crippen molar-refractivity contribution in [3.05, 3.63) is 21.9 Å². The summed E-state index contributed by atoms with van der Waals surface area (Å²) in [4.78, 5) is 11.9. The molecule has 1 unspecified atom stereocenters. The van der Waals surface area contributed by atoms with Crippen molar-refractivity contribution in [3.63, 3.8) is 0 Å². The van der Waals surface area contributed by atoms with Gasteiger partial charge in [0.2, 0.25) is 0 Å². The molecule has 0 fully saturated rings. The Morgan fingerprint density at radius 1 is 1.64 bits per heavy atom. The van der Waals surface area contributed by atoms with Crippen LogP contribution in [0.3, 0.4) is 0 Å². The van der Waals surface area contributed by atoms with E-state index in [9.17, 15) is 4.79 Å². The Hall–Kier alpha value is -0.630. The topological polar surface area (TPSA) is 17.1 Å². The SMILES string of the molecule is O=CC1CCc2ccsc2C1. The first-order chi connectivity index (χ1) is 5.40. The monoisotopic (exact) mass is 166 g/mol. The zero-order valence-corrected chi connectivity index (χ0v) is 7.06. The van der Waals surface area contributed by atoms with Crippen LogP contribution in [0.5, 0.6) is 0 Å². The van der Waals surface area contributed by atoms with E-state index >= 15 is 0 Å². The van der Waals surface area contributed by atoms with E-state index in [0.29, 0.717) is 5.92 Å². The summed E-state index contributed by atoms with van der Waals surface area (Å²) in [6.07, 6.45) is 4.23. The molecule has 2 heteroatoms. The smallest absolute Gasteiger partial charge is 0.123 e. The number of carbonyl (C=O) groups excluding carboxylic acids is 1. The minimum absolute atomic E-state index is 0.293. The second-order valence-corrected chi connectivity index (χ2v) is 4.01. The molecule has 58 valence electrons. The lowest BCUT2D eigenvalue weighted by atomic mass is 9.90. The van der Waals surface area contributed by atoms with Crippen molar-refractivity contribution in [1.82, 2.24) is 0 Å². The van der Waals surface area contributed by atoms with Gasteiger partial charge in [0.1, 0.15) is 6.29 Å². The Balaban J connectivity index is 2.24. The largest absolute Gasteiger partial charge is 0.303 e. The predicted molar refractivity (Wildman–Crippen MR) is 45.9 cm³/mol. The first-order valence-electron chi connectivity index (χ1n) is 3.90. The minimum atomic E-state index is 0.293. The van der Waals surface area contributed by atoms with Gasteiger partial charge in [0.15, 0.2) is 0 Å². The lowest BCUT2D eigenvalue weighted by Crippen LogP contribution is -2.12. The first kappa shape index (κ1) is 7.04. The lowest BCUT2D eigenvalue weighted by Gasteiger charge is -2.15. The van der Waals surface area contributed by atoms with Crippen molar-refractivity contribution in [2.75, 3.05) is 0 Å². The quantitative estimate of drug-likeness (QED) is 0.583. The van der Waals surface area contributed by atoms with Crippen molar-refractivity contribution in [2.24, 2.45) is 5.92 Å². The van der Waals surface area contributed by atoms with Gasteiger partial charge >= 0.3 is 0 Å². The Kier molecular flexibility index (Phi) is 1.78. The molecule has 0 saturated carbocycles. The molecule has 0 saturated heterocycles. The molecule has 1 atom stereocenters. The molecular formula is C9H10OS. The lowest BCUT2D eigenvalue weighted by molar-refractivity contribution is -0.111. The van der Waals surface area contributed by atoms with Crippen LogP contribution in [0.25, 0.3) is 0 Å². The number of aldehydes is 1. The van der Waals surface area contributed by atoms with Gasteiger partial charge in [-0.15, -0.1) is 11.3 Å². The summed E-state index contributed by atoms with van der Waals surface area (Å²) >= 11 is 1.79. The molecule has 0 radical (unpaired) electrons. The van der Waals surface area contributed by atoms with Crippen LogP contribution in [0.2, 0.25) is 0 Å². The molecule has 0 bridgehead atoms. The Morgan fingerprint density at radius 2 is 2.55 bits per heavy atom. The molecule has 2 rings (SSSR count). The summed E-state index contributed by atoms with van der Waals surface area (Å²) < 4.78 is 0. The van der Waals surface area contributed by atoms with E-state index in [1.54, 1.807) is 11.3 Å². The number of thiophene rings is 1. The molecule has 1 heterocycles. The van der Waals surface area contributed by atoms with E-state index in [4.69, 9.17) is 0 Å². The fourth-order valence-corrected chi connectivity index (χ4v) is 2.59. The maximum Gasteiger partial charge on any atom is 0.123 e. The van der Waals surface area contributed by atoms with Crippen molar-refractivity contribution >= 4 is 17.6 Å². The van der Waals surface area contributed by atoms with Crippen molar-refractivity contribution in [3.8, 4) is 0 Å². The van der Waals surface area contributed by atoms with E-state index in [2.05, 4.69) is 11.4 Å². The highest BCUT2D eigenvalue weighted by molar-refractivity contribution is 7.10. The molecule has 1 aliphatic rings. The van der Waals surface area contributed by atoms with Gasteiger partial charge in [0, 0.05) is 10.8 Å². The normalized spacial score (nSPS) is 22.7. The van der Waals surface area contributed by atoms with Gasteiger partial charge in [0.25, 0.3) is 0 Å². The molecule has 1 aromatic heterocycles. The van der Waals surface area contributed by atoms with Gasteiger partial charge in [-0.2, -0.15) is 0 Å². The van der Waals surface area contributed by atoms with E-state index < -0.39 is 0 Å². The number of aryl methyl sites for hydroxylation is 1. The molecule has 1 nitrogen and oxygen atoms in total. The molecule has 0 aromatic carbocycles. The molecule has 1 aromatic rings. The molecule has 0 N–H and O–H groups in total. The van der Waals surface area contributed by atoms with E-state index in [1.165, 1.54) is 10.4 Å². The third kappa shape index (κ3) is 1.23. The highest BCUT2D eigenvalue weighted by atomic mass is 32.1. The van der Waals surface area contributed by atoms with E-state index in [1.807, 2.05) is 0 Å². The maximum atomic E-state index is 10.5. The maximum absolute atomic E-state index is 10.5. The predicted octanol–water partition coefficient (Wildman–Crippen LogP) is 2.05. The van der Waals surface area contributed by atoms with Crippen molar-refractivity contribution in [1.29, 1.82) is 0 Å². The molecule has 0 spiro atoms. The number of hydrogen-bond donors (Lipinski definition) is 0. The van der Waals surface area contributed by atoms with Crippen LogP contribution in [0.4, 0.5) is 0 Å². The highest BCUT2D eigenvalue weighted by Gasteiger charge is 2.18. The summed E-state index contributed by atoms with van der Waals surface area (Å²) in [6.45, 7) is 0. The summed E-state index contributed by atoms with van der Waals surface area (Å²) in [6, 6.07) is 2.18. The summed E-state index contributed by atoms with van der Waals surface area (Å²) in [7, 11) is 0. The van der Waals surface area contributed by atoms with Gasteiger partial charge in [-0.1, -0.05) is 0 Å². The Bertz CT molecular complexity index is 264. The van der Waals surface area contributed by atoms with Gasteiger partial charge < -0.3 is 4.79 Å². The third-order valence-corrected chi connectivity index (χ3v) is 3.25. The van der Waals surface area contributed by atoms with Crippen LogP contribution in [0.1, 0.15) is 16.9 Å². The molecule has 1 aliphatic carbocycles. The average Bonchev–Trinajstić information content (AvgIpc) is 2.50. The van der Waals surface area contributed by atoms with Crippen LogP contribution in [0.15, 0.2) is 11.4 Å². The molecule has 0 aliphatic heterocycles. The Morgan fingerprint density at radius 3 is 3.36 bits per heavy atom. The molecule has 11 heavy (non-hydrogen) atoms. The number of hydrogen-bond acceptors (Lipinski definition) is 2. The highest BCUT2D eigenvalue weighted by Crippen LogP contribution is 2.28. The second kappa shape index (κ2) is 2.78. The van der Waals surface area contributed by atoms with Gasteiger partial charge in [-0.3, -0.25) is 0 Å². The van der Waals surface area contributed by atoms with Gasteiger partial charge in [0.05, 0.1) is 0 Å². The average molecular weight is 166 g/mol. The summed E-state index contributed by atoms with van der Waals surface area (Å²) in [5, 5.41) is 2.12. The fraction of sp³-hybridized carbons (Fsp3) is 0.444. The number of fused-ring (bicyclic) bond motifs is 1. The molecular weight excluding hydrogens is 156 g/mol. The van der Waals surface area contributed by atoms with Crippen molar-refractivity contribution < 1.29 is 4.79 Å². The minimum Gasteiger partial charge on any atom is -0.303 e. The van der Waals surface area contributed by atoms with Crippen LogP contribution in [-0.2, 0) is 17.6 Å². The van der Waals surface area contributed by atoms with Crippen LogP contribution >= 0.6 is 11.3 Å². The van der Waals surface area contributed by atoms with Gasteiger partial charge in [-0.05, 0) is 36.3 Å². The van der Waals surface area contributed by atoms with Gasteiger partial charge in [-0.25, -0.2) is 0 Å². The van der Waals surface area contributed by atoms with Crippen LogP contribution in [-0.4, -0.2) is 6.29 Å². The molecule has 0 amide bonds. The zero-order valence-electron chi connectivity index (χ0n) is 6.25.